The second-order valence-corrected chi connectivity index (χ2v) is 5.68. The zero-order valence-electron chi connectivity index (χ0n) is 12.2. The number of nitrogens with one attached hydrogen (secondary N) is 1. The van der Waals surface area contributed by atoms with Crippen LogP contribution in [0.3, 0.4) is 0 Å². The Bertz CT molecular complexity index is 425. The SMILES string of the molecule is CCCC[C@H](OC(=O)NC)[C@@H](OC)c1ccccc1I. The van der Waals surface area contributed by atoms with Gasteiger partial charge in [0.1, 0.15) is 12.2 Å². The summed E-state index contributed by atoms with van der Waals surface area (Å²) in [5.41, 5.74) is 1.06. The third-order valence-corrected chi connectivity index (χ3v) is 4.09. The number of alkyl carbamates (subject to hydrolysis) is 1. The number of hydrogen-bond acceptors (Lipinski definition) is 3. The normalized spacial score (nSPS) is 13.6. The van der Waals surface area contributed by atoms with Crippen LogP contribution in [0.1, 0.15) is 37.9 Å². The first-order valence-electron chi connectivity index (χ1n) is 6.79. The van der Waals surface area contributed by atoms with Crippen LogP contribution < -0.4 is 5.32 Å². The van der Waals surface area contributed by atoms with Crippen molar-refractivity contribution in [3.8, 4) is 0 Å². The summed E-state index contributed by atoms with van der Waals surface area (Å²) < 4.78 is 12.2. The Morgan fingerprint density at radius 1 is 1.40 bits per heavy atom. The van der Waals surface area contributed by atoms with E-state index in [2.05, 4.69) is 34.8 Å². The number of carbonyl (C=O) groups excluding carboxylic acids is 1. The molecule has 1 aromatic carbocycles. The molecule has 0 fully saturated rings. The molecule has 1 amide bonds. The molecule has 1 aromatic rings. The van der Waals surface area contributed by atoms with Crippen molar-refractivity contribution in [3.63, 3.8) is 0 Å². The Hall–Kier alpha value is -0.820. The Morgan fingerprint density at radius 3 is 2.65 bits per heavy atom. The van der Waals surface area contributed by atoms with E-state index in [1.165, 1.54) is 0 Å². The van der Waals surface area contributed by atoms with E-state index in [1.54, 1.807) is 14.2 Å². The average Bonchev–Trinajstić information content (AvgIpc) is 2.46. The van der Waals surface area contributed by atoms with Gasteiger partial charge in [-0.05, 0) is 47.1 Å². The number of halogens is 1. The van der Waals surface area contributed by atoms with Crippen LogP contribution in [0.15, 0.2) is 24.3 Å². The van der Waals surface area contributed by atoms with Gasteiger partial charge >= 0.3 is 6.09 Å². The van der Waals surface area contributed by atoms with Crippen LogP contribution in [0.4, 0.5) is 4.79 Å². The standard InChI is InChI=1S/C15H22INO3/c1-4-5-10-13(20-15(18)17-2)14(19-3)11-8-6-7-9-12(11)16/h6-9,13-14H,4-5,10H2,1-3H3,(H,17,18)/t13-,14-/m0/s1. The number of carbonyl (C=O) groups is 1. The monoisotopic (exact) mass is 391 g/mol. The highest BCUT2D eigenvalue weighted by molar-refractivity contribution is 14.1. The number of ether oxygens (including phenoxy) is 2. The van der Waals surface area contributed by atoms with Crippen molar-refractivity contribution in [1.29, 1.82) is 0 Å². The summed E-state index contributed by atoms with van der Waals surface area (Å²) in [5, 5.41) is 2.50. The van der Waals surface area contributed by atoms with Gasteiger partial charge in [0.15, 0.2) is 0 Å². The van der Waals surface area contributed by atoms with Crippen LogP contribution in [0.25, 0.3) is 0 Å². The molecule has 20 heavy (non-hydrogen) atoms. The summed E-state index contributed by atoms with van der Waals surface area (Å²) >= 11 is 2.28. The van der Waals surface area contributed by atoms with Gasteiger partial charge in [-0.15, -0.1) is 0 Å². The highest BCUT2D eigenvalue weighted by atomic mass is 127. The molecule has 2 atom stereocenters. The van der Waals surface area contributed by atoms with Crippen molar-refractivity contribution in [2.45, 2.75) is 38.4 Å². The van der Waals surface area contributed by atoms with Crippen molar-refractivity contribution < 1.29 is 14.3 Å². The minimum atomic E-state index is -0.418. The van der Waals surface area contributed by atoms with Gasteiger partial charge in [-0.3, -0.25) is 0 Å². The molecule has 1 N–H and O–H groups in total. The third kappa shape index (κ3) is 4.94. The van der Waals surface area contributed by atoms with Gasteiger partial charge < -0.3 is 14.8 Å². The summed E-state index contributed by atoms with van der Waals surface area (Å²) in [6.45, 7) is 2.12. The molecule has 0 aliphatic carbocycles. The molecule has 112 valence electrons. The fraction of sp³-hybridized carbons (Fsp3) is 0.533. The lowest BCUT2D eigenvalue weighted by atomic mass is 10.00. The lowest BCUT2D eigenvalue weighted by Gasteiger charge is -2.27. The fourth-order valence-electron chi connectivity index (χ4n) is 2.06. The van der Waals surface area contributed by atoms with E-state index in [9.17, 15) is 4.79 Å². The molecular formula is C15H22INO3. The topological polar surface area (TPSA) is 47.6 Å². The summed E-state index contributed by atoms with van der Waals surface area (Å²) in [7, 11) is 3.22. The molecular weight excluding hydrogens is 369 g/mol. The molecule has 0 saturated carbocycles. The fourth-order valence-corrected chi connectivity index (χ4v) is 2.75. The van der Waals surface area contributed by atoms with E-state index in [4.69, 9.17) is 9.47 Å². The van der Waals surface area contributed by atoms with Gasteiger partial charge in [-0.2, -0.15) is 0 Å². The molecule has 0 aromatic heterocycles. The van der Waals surface area contributed by atoms with E-state index in [-0.39, 0.29) is 12.2 Å². The Kier molecular flexibility index (Phi) is 7.91. The van der Waals surface area contributed by atoms with Crippen LogP contribution >= 0.6 is 22.6 Å². The molecule has 0 aliphatic rings. The molecule has 4 nitrogen and oxygen atoms in total. The highest BCUT2D eigenvalue weighted by Crippen LogP contribution is 2.29. The lowest BCUT2D eigenvalue weighted by Crippen LogP contribution is -2.31. The second-order valence-electron chi connectivity index (χ2n) is 4.51. The van der Waals surface area contributed by atoms with Gasteiger partial charge in [0.25, 0.3) is 0 Å². The smallest absolute Gasteiger partial charge is 0.407 e. The van der Waals surface area contributed by atoms with Crippen molar-refractivity contribution in [3.05, 3.63) is 33.4 Å². The third-order valence-electron chi connectivity index (χ3n) is 3.11. The van der Waals surface area contributed by atoms with Crippen LogP contribution in [0.2, 0.25) is 0 Å². The predicted molar refractivity (Wildman–Crippen MR) is 87.8 cm³/mol. The van der Waals surface area contributed by atoms with Crippen molar-refractivity contribution in [2.75, 3.05) is 14.2 Å². The molecule has 0 bridgehead atoms. The maximum Gasteiger partial charge on any atom is 0.407 e. The van der Waals surface area contributed by atoms with Crippen LogP contribution in [0.5, 0.6) is 0 Å². The van der Waals surface area contributed by atoms with E-state index in [0.29, 0.717) is 0 Å². The summed E-state index contributed by atoms with van der Waals surface area (Å²) in [5.74, 6) is 0. The van der Waals surface area contributed by atoms with E-state index >= 15 is 0 Å². The largest absolute Gasteiger partial charge is 0.443 e. The Labute approximate surface area is 134 Å². The van der Waals surface area contributed by atoms with Crippen LogP contribution in [-0.4, -0.2) is 26.4 Å². The minimum absolute atomic E-state index is 0.244. The maximum atomic E-state index is 11.5. The Balaban J connectivity index is 2.94. The summed E-state index contributed by atoms with van der Waals surface area (Å²) in [6.07, 6.45) is 1.88. The Morgan fingerprint density at radius 2 is 2.10 bits per heavy atom. The van der Waals surface area contributed by atoms with Gasteiger partial charge in [0, 0.05) is 17.7 Å². The van der Waals surface area contributed by atoms with E-state index in [0.717, 1.165) is 28.4 Å². The zero-order valence-corrected chi connectivity index (χ0v) is 14.3. The van der Waals surface area contributed by atoms with Crippen LogP contribution in [-0.2, 0) is 9.47 Å². The molecule has 0 aliphatic heterocycles. The summed E-state index contributed by atoms with van der Waals surface area (Å²) in [4.78, 5) is 11.5. The van der Waals surface area contributed by atoms with Gasteiger partial charge in [-0.1, -0.05) is 31.5 Å². The van der Waals surface area contributed by atoms with Crippen molar-refractivity contribution in [1.82, 2.24) is 5.32 Å². The van der Waals surface area contributed by atoms with Crippen molar-refractivity contribution >= 4 is 28.7 Å². The van der Waals surface area contributed by atoms with Crippen molar-refractivity contribution in [2.24, 2.45) is 0 Å². The number of unbranched alkanes of at least 4 members (excludes halogenated alkanes) is 1. The molecule has 0 spiro atoms. The highest BCUT2D eigenvalue weighted by Gasteiger charge is 2.27. The van der Waals surface area contributed by atoms with E-state index in [1.807, 2.05) is 24.3 Å². The minimum Gasteiger partial charge on any atom is -0.443 e. The molecule has 5 heteroatoms. The number of benzene rings is 1. The zero-order chi connectivity index (χ0) is 15.0. The van der Waals surface area contributed by atoms with Gasteiger partial charge in [0.05, 0.1) is 0 Å². The van der Waals surface area contributed by atoms with E-state index < -0.39 is 6.09 Å². The van der Waals surface area contributed by atoms with Gasteiger partial charge in [0.2, 0.25) is 0 Å². The molecule has 0 saturated heterocycles. The van der Waals surface area contributed by atoms with Gasteiger partial charge in [-0.25, -0.2) is 4.79 Å². The first-order valence-corrected chi connectivity index (χ1v) is 7.87. The molecule has 0 unspecified atom stereocenters. The quantitative estimate of drug-likeness (QED) is 0.718. The first-order chi connectivity index (χ1) is 9.63. The predicted octanol–water partition coefficient (Wildman–Crippen LogP) is 3.89. The maximum absolute atomic E-state index is 11.5. The molecule has 0 radical (unpaired) electrons. The summed E-state index contributed by atoms with van der Waals surface area (Å²) in [6, 6.07) is 8.00. The van der Waals surface area contributed by atoms with Crippen LogP contribution in [0, 0.1) is 3.57 Å². The first kappa shape index (κ1) is 17.2. The number of hydrogen-bond donors (Lipinski definition) is 1. The second kappa shape index (κ2) is 9.18. The number of methoxy groups -OCH3 is 1. The molecule has 0 heterocycles. The molecule has 1 rings (SSSR count). The lowest BCUT2D eigenvalue weighted by molar-refractivity contribution is -0.0282. The number of rotatable bonds is 7. The average molecular weight is 391 g/mol. The number of amides is 1.